The Kier molecular flexibility index (Phi) is 1.87. The molecule has 1 heterocycles. The number of hydrogen-bond donors (Lipinski definition) is 3. The zero-order chi connectivity index (χ0) is 8.65. The van der Waals surface area contributed by atoms with Crippen molar-refractivity contribution in [3.05, 3.63) is 0 Å². The van der Waals surface area contributed by atoms with Crippen LogP contribution in [0.15, 0.2) is 0 Å². The summed E-state index contributed by atoms with van der Waals surface area (Å²) in [5, 5.41) is 26.4. The monoisotopic (exact) mass is 162 g/mol. The molecule has 0 radical (unpaired) electrons. The van der Waals surface area contributed by atoms with Gasteiger partial charge in [0.05, 0.1) is 6.61 Å². The molecular weight excluding hydrogens is 152 g/mol. The van der Waals surface area contributed by atoms with Crippen LogP contribution in [0.25, 0.3) is 0 Å². The van der Waals surface area contributed by atoms with E-state index in [2.05, 4.69) is 4.74 Å². The highest BCUT2D eigenvalue weighted by molar-refractivity contribution is 5.93. The summed E-state index contributed by atoms with van der Waals surface area (Å²) in [6, 6.07) is 0. The van der Waals surface area contributed by atoms with Crippen molar-refractivity contribution < 1.29 is 24.9 Å². The minimum absolute atomic E-state index is 0.558. The second kappa shape index (κ2) is 2.44. The Labute approximate surface area is 63.2 Å². The van der Waals surface area contributed by atoms with Gasteiger partial charge in [-0.2, -0.15) is 0 Å². The molecule has 0 aromatic carbocycles. The number of ether oxygens (including phenoxy) is 1. The van der Waals surface area contributed by atoms with Crippen molar-refractivity contribution in [1.29, 1.82) is 0 Å². The van der Waals surface area contributed by atoms with Gasteiger partial charge in [-0.1, -0.05) is 0 Å². The first-order valence-corrected chi connectivity index (χ1v) is 3.23. The summed E-state index contributed by atoms with van der Waals surface area (Å²) in [6.45, 7) is 0.770. The van der Waals surface area contributed by atoms with Crippen LogP contribution in [0.1, 0.15) is 6.92 Å². The number of carbonyl (C=O) groups is 1. The average molecular weight is 162 g/mol. The molecule has 5 nitrogen and oxygen atoms in total. The van der Waals surface area contributed by atoms with Gasteiger partial charge in [-0.3, -0.25) is 0 Å². The third-order valence-electron chi connectivity index (χ3n) is 1.78. The van der Waals surface area contributed by atoms with Crippen LogP contribution >= 0.6 is 0 Å². The first-order valence-electron chi connectivity index (χ1n) is 3.23. The molecule has 0 aliphatic carbocycles. The Hall–Kier alpha value is -0.650. The summed E-state index contributed by atoms with van der Waals surface area (Å²) in [5.74, 6) is -0.558. The standard InChI is InChI=1S/C6H10O5/c1-6(5(10)11-6)4(9)3(8)2-7/h3-4,7-9H,2H2,1H3/t3-,4-,6+/m1/s1. The number of aliphatic hydroxyl groups is 3. The Balaban J connectivity index is 2.55. The average Bonchev–Trinajstić information content (AvgIpc) is 2.58. The van der Waals surface area contributed by atoms with Gasteiger partial charge in [-0.25, -0.2) is 4.79 Å². The topological polar surface area (TPSA) is 90.3 Å². The fourth-order valence-electron chi connectivity index (χ4n) is 0.815. The summed E-state index contributed by atoms with van der Waals surface area (Å²) in [5.41, 5.74) is -1.30. The third kappa shape index (κ3) is 1.22. The molecule has 1 saturated heterocycles. The van der Waals surface area contributed by atoms with E-state index in [0.717, 1.165) is 0 Å². The molecule has 0 saturated carbocycles. The predicted molar refractivity (Wildman–Crippen MR) is 33.6 cm³/mol. The van der Waals surface area contributed by atoms with E-state index in [1.807, 2.05) is 0 Å². The first-order chi connectivity index (χ1) is 5.02. The summed E-state index contributed by atoms with van der Waals surface area (Å²) in [4.78, 5) is 10.5. The fraction of sp³-hybridized carbons (Fsp3) is 0.833. The highest BCUT2D eigenvalue weighted by Crippen LogP contribution is 2.33. The van der Waals surface area contributed by atoms with Gasteiger partial charge in [-0.05, 0) is 6.92 Å². The molecule has 5 heteroatoms. The van der Waals surface area contributed by atoms with Crippen LogP contribution in [-0.4, -0.2) is 45.7 Å². The van der Waals surface area contributed by atoms with Gasteiger partial charge in [0.25, 0.3) is 0 Å². The molecule has 1 rings (SSSR count). The maximum absolute atomic E-state index is 10.5. The first kappa shape index (κ1) is 8.45. The Morgan fingerprint density at radius 1 is 1.64 bits per heavy atom. The lowest BCUT2D eigenvalue weighted by molar-refractivity contribution is -0.117. The lowest BCUT2D eigenvalue weighted by Gasteiger charge is -2.15. The fourth-order valence-corrected chi connectivity index (χ4v) is 0.815. The summed E-state index contributed by atoms with van der Waals surface area (Å²) < 4.78 is 4.43. The number of carbonyl (C=O) groups excluding carboxylic acids is 1. The molecule has 0 unspecified atom stereocenters. The van der Waals surface area contributed by atoms with E-state index in [9.17, 15) is 4.79 Å². The molecule has 1 aliphatic rings. The van der Waals surface area contributed by atoms with Crippen LogP contribution in [0, 0.1) is 0 Å². The maximum Gasteiger partial charge on any atom is 0.354 e. The van der Waals surface area contributed by atoms with Crippen molar-refractivity contribution in [1.82, 2.24) is 0 Å². The van der Waals surface area contributed by atoms with Gasteiger partial charge in [-0.15, -0.1) is 0 Å². The molecule has 11 heavy (non-hydrogen) atoms. The van der Waals surface area contributed by atoms with Crippen molar-refractivity contribution in [3.8, 4) is 0 Å². The molecule has 0 spiro atoms. The second-order valence-electron chi connectivity index (χ2n) is 2.69. The van der Waals surface area contributed by atoms with Crippen molar-refractivity contribution >= 4 is 5.97 Å². The minimum atomic E-state index is -1.35. The molecule has 0 aromatic heterocycles. The Morgan fingerprint density at radius 2 is 2.09 bits per heavy atom. The number of hydrogen-bond acceptors (Lipinski definition) is 5. The summed E-state index contributed by atoms with van der Waals surface area (Å²) in [7, 11) is 0. The second-order valence-corrected chi connectivity index (χ2v) is 2.69. The zero-order valence-corrected chi connectivity index (χ0v) is 6.02. The van der Waals surface area contributed by atoms with Crippen molar-refractivity contribution in [2.45, 2.75) is 24.7 Å². The van der Waals surface area contributed by atoms with Crippen LogP contribution in [0.4, 0.5) is 0 Å². The number of cyclic esters (lactones) is 1. The van der Waals surface area contributed by atoms with E-state index in [1.165, 1.54) is 6.92 Å². The van der Waals surface area contributed by atoms with Crippen molar-refractivity contribution in [2.24, 2.45) is 0 Å². The van der Waals surface area contributed by atoms with E-state index in [-0.39, 0.29) is 0 Å². The molecule has 0 amide bonds. The van der Waals surface area contributed by atoms with E-state index in [4.69, 9.17) is 15.3 Å². The van der Waals surface area contributed by atoms with E-state index in [1.54, 1.807) is 0 Å². The zero-order valence-electron chi connectivity index (χ0n) is 6.02. The molecule has 64 valence electrons. The van der Waals surface area contributed by atoms with Crippen LogP contribution < -0.4 is 0 Å². The molecular formula is C6H10O5. The maximum atomic E-state index is 10.5. The SMILES string of the molecule is C[C@@]1([C@H](O)[C@H](O)CO)OC1=O. The van der Waals surface area contributed by atoms with Gasteiger partial charge in [0.15, 0.2) is 0 Å². The van der Waals surface area contributed by atoms with Gasteiger partial charge < -0.3 is 20.1 Å². The molecule has 0 aromatic rings. The Morgan fingerprint density at radius 3 is 2.36 bits per heavy atom. The summed E-state index contributed by atoms with van der Waals surface area (Å²) in [6.07, 6.45) is -2.67. The molecule has 1 aliphatic heterocycles. The number of epoxide rings is 1. The third-order valence-corrected chi connectivity index (χ3v) is 1.78. The lowest BCUT2D eigenvalue weighted by atomic mass is 10.0. The minimum Gasteiger partial charge on any atom is -0.441 e. The highest BCUT2D eigenvalue weighted by Gasteiger charge is 2.61. The van der Waals surface area contributed by atoms with Crippen LogP contribution in [0.2, 0.25) is 0 Å². The highest BCUT2D eigenvalue weighted by atomic mass is 16.7. The van der Waals surface area contributed by atoms with Gasteiger partial charge in [0, 0.05) is 0 Å². The lowest BCUT2D eigenvalue weighted by Crippen LogP contribution is -2.41. The van der Waals surface area contributed by atoms with Crippen LogP contribution in [-0.2, 0) is 9.53 Å². The normalized spacial score (nSPS) is 34.4. The van der Waals surface area contributed by atoms with Gasteiger partial charge in [0.2, 0.25) is 5.60 Å². The largest absolute Gasteiger partial charge is 0.441 e. The smallest absolute Gasteiger partial charge is 0.354 e. The molecule has 0 bridgehead atoms. The van der Waals surface area contributed by atoms with E-state index >= 15 is 0 Å². The van der Waals surface area contributed by atoms with Crippen LogP contribution in [0.5, 0.6) is 0 Å². The van der Waals surface area contributed by atoms with E-state index < -0.39 is 30.4 Å². The van der Waals surface area contributed by atoms with Gasteiger partial charge in [0.1, 0.15) is 12.2 Å². The molecule has 1 fully saturated rings. The number of aliphatic hydroxyl groups excluding tert-OH is 3. The van der Waals surface area contributed by atoms with Gasteiger partial charge >= 0.3 is 5.97 Å². The molecule has 3 atom stereocenters. The summed E-state index contributed by atoms with van der Waals surface area (Å²) >= 11 is 0. The number of rotatable bonds is 3. The van der Waals surface area contributed by atoms with Crippen molar-refractivity contribution in [3.63, 3.8) is 0 Å². The Bertz CT molecular complexity index is 180. The van der Waals surface area contributed by atoms with E-state index in [0.29, 0.717) is 0 Å². The van der Waals surface area contributed by atoms with Crippen LogP contribution in [0.3, 0.4) is 0 Å². The molecule has 3 N–H and O–H groups in total. The predicted octanol–water partition coefficient (Wildman–Crippen LogP) is -1.98. The quantitative estimate of drug-likeness (QED) is 0.418. The van der Waals surface area contributed by atoms with Crippen molar-refractivity contribution in [2.75, 3.05) is 6.61 Å².